The van der Waals surface area contributed by atoms with Crippen LogP contribution in [0.25, 0.3) is 0 Å². The maximum atomic E-state index is 9.69. The summed E-state index contributed by atoms with van der Waals surface area (Å²) >= 11 is 0. The summed E-state index contributed by atoms with van der Waals surface area (Å²) in [4.78, 5) is 4.83. The van der Waals surface area contributed by atoms with Gasteiger partial charge >= 0.3 is 0 Å². The summed E-state index contributed by atoms with van der Waals surface area (Å²) < 4.78 is 0. The van der Waals surface area contributed by atoms with Crippen LogP contribution in [0.4, 0.5) is 0 Å². The number of aliphatic hydroxyl groups is 1. The van der Waals surface area contributed by atoms with Crippen molar-refractivity contribution in [1.29, 1.82) is 0 Å². The number of rotatable bonds is 4. The zero-order valence-corrected chi connectivity index (χ0v) is 10.9. The maximum Gasteiger partial charge on any atom is 0.0679 e. The first-order valence-corrected chi connectivity index (χ1v) is 6.29. The van der Waals surface area contributed by atoms with E-state index in [2.05, 4.69) is 30.6 Å². The minimum absolute atomic E-state index is 0.258. The highest BCUT2D eigenvalue weighted by molar-refractivity contribution is 4.82. The molecule has 0 aromatic carbocycles. The molecular weight excluding hydrogens is 202 g/mol. The lowest BCUT2D eigenvalue weighted by Crippen LogP contribution is -2.54. The highest BCUT2D eigenvalue weighted by Gasteiger charge is 2.26. The number of piperazine rings is 1. The van der Waals surface area contributed by atoms with E-state index >= 15 is 0 Å². The van der Waals surface area contributed by atoms with Gasteiger partial charge in [0.25, 0.3) is 0 Å². The highest BCUT2D eigenvalue weighted by atomic mass is 16.3. The Morgan fingerprint density at radius 1 is 1.19 bits per heavy atom. The van der Waals surface area contributed by atoms with E-state index < -0.39 is 0 Å². The SMILES string of the molecule is CC(C)(C)N1CCN(CC(O)CCN)CC1. The van der Waals surface area contributed by atoms with Crippen molar-refractivity contribution in [3.63, 3.8) is 0 Å². The van der Waals surface area contributed by atoms with Gasteiger partial charge in [-0.1, -0.05) is 0 Å². The van der Waals surface area contributed by atoms with E-state index in [1.807, 2.05) is 0 Å². The van der Waals surface area contributed by atoms with Crippen molar-refractivity contribution < 1.29 is 5.11 Å². The monoisotopic (exact) mass is 229 g/mol. The van der Waals surface area contributed by atoms with Crippen LogP contribution in [0.2, 0.25) is 0 Å². The van der Waals surface area contributed by atoms with E-state index in [0.717, 1.165) is 32.7 Å². The van der Waals surface area contributed by atoms with Gasteiger partial charge < -0.3 is 10.8 Å². The van der Waals surface area contributed by atoms with Gasteiger partial charge in [0.1, 0.15) is 0 Å². The molecule has 96 valence electrons. The smallest absolute Gasteiger partial charge is 0.0679 e. The van der Waals surface area contributed by atoms with Crippen LogP contribution in [-0.2, 0) is 0 Å². The van der Waals surface area contributed by atoms with Gasteiger partial charge in [0.2, 0.25) is 0 Å². The molecule has 0 spiro atoms. The molecule has 0 aromatic heterocycles. The van der Waals surface area contributed by atoms with E-state index in [1.165, 1.54) is 0 Å². The van der Waals surface area contributed by atoms with E-state index in [0.29, 0.717) is 13.0 Å². The number of β-amino-alcohol motifs (C(OH)–C–C–N with tert-alkyl or cyclic N) is 1. The van der Waals surface area contributed by atoms with Crippen molar-refractivity contribution in [3.8, 4) is 0 Å². The first-order valence-electron chi connectivity index (χ1n) is 6.29. The minimum Gasteiger partial charge on any atom is -0.392 e. The Morgan fingerprint density at radius 2 is 1.75 bits per heavy atom. The topological polar surface area (TPSA) is 52.7 Å². The predicted octanol–water partition coefficient (Wildman–Crippen LogP) is 0.112. The number of hydrogen-bond donors (Lipinski definition) is 2. The molecule has 0 bridgehead atoms. The average Bonchev–Trinajstić information content (AvgIpc) is 2.17. The van der Waals surface area contributed by atoms with Crippen LogP contribution in [0.3, 0.4) is 0 Å². The quantitative estimate of drug-likeness (QED) is 0.718. The second kappa shape index (κ2) is 5.96. The van der Waals surface area contributed by atoms with Gasteiger partial charge in [-0.2, -0.15) is 0 Å². The molecule has 4 nitrogen and oxygen atoms in total. The second-order valence-corrected chi connectivity index (χ2v) is 5.69. The molecule has 1 unspecified atom stereocenters. The summed E-state index contributed by atoms with van der Waals surface area (Å²) in [5, 5.41) is 9.69. The molecule has 0 aliphatic carbocycles. The van der Waals surface area contributed by atoms with Gasteiger partial charge in [-0.3, -0.25) is 9.80 Å². The fourth-order valence-corrected chi connectivity index (χ4v) is 2.18. The fraction of sp³-hybridized carbons (Fsp3) is 1.00. The molecule has 3 N–H and O–H groups in total. The van der Waals surface area contributed by atoms with E-state index in [1.54, 1.807) is 0 Å². The molecule has 1 saturated heterocycles. The third-order valence-electron chi connectivity index (χ3n) is 3.29. The van der Waals surface area contributed by atoms with Crippen LogP contribution in [-0.4, -0.2) is 65.8 Å². The molecule has 1 atom stereocenters. The average molecular weight is 229 g/mol. The summed E-state index contributed by atoms with van der Waals surface area (Å²) in [5.41, 5.74) is 5.69. The molecule has 1 fully saturated rings. The summed E-state index contributed by atoms with van der Waals surface area (Å²) in [6.45, 7) is 12.4. The van der Waals surface area contributed by atoms with Crippen molar-refractivity contribution in [3.05, 3.63) is 0 Å². The maximum absolute atomic E-state index is 9.69. The van der Waals surface area contributed by atoms with Gasteiger partial charge in [-0.25, -0.2) is 0 Å². The van der Waals surface area contributed by atoms with Gasteiger partial charge in [-0.05, 0) is 33.7 Å². The normalized spacial score (nSPS) is 22.3. The predicted molar refractivity (Wildman–Crippen MR) is 67.4 cm³/mol. The number of hydrogen-bond acceptors (Lipinski definition) is 4. The van der Waals surface area contributed by atoms with E-state index in [-0.39, 0.29) is 11.6 Å². The molecule has 0 radical (unpaired) electrons. The van der Waals surface area contributed by atoms with Crippen molar-refractivity contribution in [1.82, 2.24) is 9.80 Å². The molecule has 1 heterocycles. The molecule has 0 amide bonds. The summed E-state index contributed by atoms with van der Waals surface area (Å²) in [7, 11) is 0. The second-order valence-electron chi connectivity index (χ2n) is 5.69. The number of nitrogens with two attached hydrogens (primary N) is 1. The third-order valence-corrected chi connectivity index (χ3v) is 3.29. The van der Waals surface area contributed by atoms with E-state index in [4.69, 9.17) is 5.73 Å². The Balaban J connectivity index is 2.27. The molecule has 4 heteroatoms. The lowest BCUT2D eigenvalue weighted by molar-refractivity contribution is 0.0353. The van der Waals surface area contributed by atoms with Crippen LogP contribution in [0, 0.1) is 0 Å². The fourth-order valence-electron chi connectivity index (χ4n) is 2.18. The van der Waals surface area contributed by atoms with Gasteiger partial charge in [0, 0.05) is 38.3 Å². The van der Waals surface area contributed by atoms with Gasteiger partial charge in [0.15, 0.2) is 0 Å². The Bertz CT molecular complexity index is 195. The van der Waals surface area contributed by atoms with E-state index in [9.17, 15) is 5.11 Å². The third kappa shape index (κ3) is 4.37. The van der Waals surface area contributed by atoms with Crippen molar-refractivity contribution in [2.75, 3.05) is 39.3 Å². The van der Waals surface area contributed by atoms with Gasteiger partial charge in [0.05, 0.1) is 6.10 Å². The molecule has 1 aliphatic rings. The summed E-state index contributed by atoms with van der Waals surface area (Å²) in [6, 6.07) is 0. The molecule has 16 heavy (non-hydrogen) atoms. The van der Waals surface area contributed by atoms with Crippen molar-refractivity contribution >= 4 is 0 Å². The highest BCUT2D eigenvalue weighted by Crippen LogP contribution is 2.15. The first-order chi connectivity index (χ1) is 7.43. The Kier molecular flexibility index (Phi) is 5.18. The molecule has 0 aromatic rings. The lowest BCUT2D eigenvalue weighted by Gasteiger charge is -2.42. The molecular formula is C12H27N3O. The molecule has 0 saturated carbocycles. The summed E-state index contributed by atoms with van der Waals surface area (Å²) in [6.07, 6.45) is 0.450. The molecule has 1 rings (SSSR count). The van der Waals surface area contributed by atoms with Gasteiger partial charge in [-0.15, -0.1) is 0 Å². The van der Waals surface area contributed by atoms with Crippen LogP contribution < -0.4 is 5.73 Å². The molecule has 1 aliphatic heterocycles. The largest absolute Gasteiger partial charge is 0.392 e. The van der Waals surface area contributed by atoms with Crippen LogP contribution in [0.1, 0.15) is 27.2 Å². The van der Waals surface area contributed by atoms with Crippen molar-refractivity contribution in [2.24, 2.45) is 5.73 Å². The Morgan fingerprint density at radius 3 is 2.19 bits per heavy atom. The Hall–Kier alpha value is -0.160. The zero-order valence-electron chi connectivity index (χ0n) is 10.9. The standard InChI is InChI=1S/C12H27N3O/c1-12(2,3)15-8-6-14(7-9-15)10-11(16)4-5-13/h11,16H,4-10,13H2,1-3H3. The number of nitrogens with zero attached hydrogens (tertiary/aromatic N) is 2. The first kappa shape index (κ1) is 13.9. The van der Waals surface area contributed by atoms with Crippen LogP contribution >= 0.6 is 0 Å². The lowest BCUT2D eigenvalue weighted by atomic mass is 10.0. The minimum atomic E-state index is -0.258. The zero-order chi connectivity index (χ0) is 12.2. The van der Waals surface area contributed by atoms with Crippen LogP contribution in [0.5, 0.6) is 0 Å². The number of aliphatic hydroxyl groups excluding tert-OH is 1. The Labute approximate surface area is 99.4 Å². The summed E-state index contributed by atoms with van der Waals surface area (Å²) in [5.74, 6) is 0. The van der Waals surface area contributed by atoms with Crippen molar-refractivity contribution in [2.45, 2.75) is 38.8 Å². The van der Waals surface area contributed by atoms with Crippen LogP contribution in [0.15, 0.2) is 0 Å².